The van der Waals surface area contributed by atoms with Crippen LogP contribution in [-0.2, 0) is 10.0 Å². The molecule has 0 radical (unpaired) electrons. The van der Waals surface area contributed by atoms with E-state index in [9.17, 15) is 17.2 Å². The molecule has 0 atom stereocenters. The lowest BCUT2D eigenvalue weighted by molar-refractivity contribution is 0.242. The fourth-order valence-corrected chi connectivity index (χ4v) is 3.27. The second-order valence-electron chi connectivity index (χ2n) is 5.80. The molecule has 0 fully saturated rings. The highest BCUT2D eigenvalue weighted by atomic mass is 32.2. The quantitative estimate of drug-likeness (QED) is 0.872. The maximum Gasteiger partial charge on any atom is 0.243 e. The van der Waals surface area contributed by atoms with E-state index < -0.39 is 26.6 Å². The first kappa shape index (κ1) is 17.0. The van der Waals surface area contributed by atoms with Crippen molar-refractivity contribution in [3.05, 3.63) is 29.8 Å². The van der Waals surface area contributed by atoms with Crippen LogP contribution in [0.15, 0.2) is 23.1 Å². The van der Waals surface area contributed by atoms with Gasteiger partial charge in [0.1, 0.15) is 16.5 Å². The standard InChI is InChI=1S/C13H20F2N2O2S/c1-13(2,9-17(3)4)8-16-20(18,19)12-6-5-10(14)7-11(12)15/h5-7,16H,8-9H2,1-4H3. The average molecular weight is 306 g/mol. The summed E-state index contributed by atoms with van der Waals surface area (Å²) in [6.07, 6.45) is 0. The minimum Gasteiger partial charge on any atom is -0.309 e. The molecule has 4 nitrogen and oxygen atoms in total. The van der Waals surface area contributed by atoms with E-state index in [0.717, 1.165) is 12.1 Å². The summed E-state index contributed by atoms with van der Waals surface area (Å²) < 4.78 is 52.7. The molecule has 1 aromatic carbocycles. The van der Waals surface area contributed by atoms with Crippen LogP contribution in [0.3, 0.4) is 0 Å². The van der Waals surface area contributed by atoms with E-state index in [-0.39, 0.29) is 12.0 Å². The molecule has 1 N–H and O–H groups in total. The molecular weight excluding hydrogens is 286 g/mol. The summed E-state index contributed by atoms with van der Waals surface area (Å²) in [7, 11) is -0.217. The number of hydrogen-bond acceptors (Lipinski definition) is 3. The van der Waals surface area contributed by atoms with Gasteiger partial charge in [0.15, 0.2) is 0 Å². The van der Waals surface area contributed by atoms with Gasteiger partial charge in [-0.15, -0.1) is 0 Å². The molecule has 0 amide bonds. The fourth-order valence-electron chi connectivity index (χ4n) is 1.97. The molecule has 0 aliphatic carbocycles. The van der Waals surface area contributed by atoms with Crippen molar-refractivity contribution >= 4 is 10.0 Å². The summed E-state index contributed by atoms with van der Waals surface area (Å²) in [6.45, 7) is 4.62. The molecule has 0 spiro atoms. The molecule has 0 saturated heterocycles. The third-order valence-electron chi connectivity index (χ3n) is 2.67. The zero-order chi connectivity index (χ0) is 15.6. The zero-order valence-electron chi connectivity index (χ0n) is 12.1. The minimum atomic E-state index is -3.99. The molecule has 0 heterocycles. The van der Waals surface area contributed by atoms with Gasteiger partial charge in [0.2, 0.25) is 10.0 Å². The third-order valence-corrected chi connectivity index (χ3v) is 4.10. The maximum absolute atomic E-state index is 13.5. The molecule has 0 aliphatic rings. The van der Waals surface area contributed by atoms with Gasteiger partial charge in [0.25, 0.3) is 0 Å². The lowest BCUT2D eigenvalue weighted by Gasteiger charge is -2.28. The first-order chi connectivity index (χ1) is 9.03. The van der Waals surface area contributed by atoms with Crippen molar-refractivity contribution in [2.24, 2.45) is 5.41 Å². The average Bonchev–Trinajstić information content (AvgIpc) is 2.24. The first-order valence-electron chi connectivity index (χ1n) is 6.13. The molecule has 0 aliphatic heterocycles. The van der Waals surface area contributed by atoms with Crippen LogP contribution in [0.2, 0.25) is 0 Å². The third kappa shape index (κ3) is 4.81. The van der Waals surface area contributed by atoms with Crippen LogP contribution in [0.1, 0.15) is 13.8 Å². The molecule has 0 bridgehead atoms. The number of nitrogens with one attached hydrogen (secondary N) is 1. The van der Waals surface area contributed by atoms with Crippen LogP contribution < -0.4 is 4.72 Å². The fraction of sp³-hybridized carbons (Fsp3) is 0.538. The molecule has 20 heavy (non-hydrogen) atoms. The topological polar surface area (TPSA) is 49.4 Å². The highest BCUT2D eigenvalue weighted by Gasteiger charge is 2.25. The van der Waals surface area contributed by atoms with Crippen LogP contribution in [-0.4, -0.2) is 40.5 Å². The Balaban J connectivity index is 2.85. The highest BCUT2D eigenvalue weighted by molar-refractivity contribution is 7.89. The molecule has 1 aromatic rings. The van der Waals surface area contributed by atoms with Gasteiger partial charge in [-0.2, -0.15) is 0 Å². The van der Waals surface area contributed by atoms with Gasteiger partial charge in [-0.1, -0.05) is 13.8 Å². The summed E-state index contributed by atoms with van der Waals surface area (Å²) in [5.74, 6) is -1.91. The summed E-state index contributed by atoms with van der Waals surface area (Å²) >= 11 is 0. The number of halogens is 2. The van der Waals surface area contributed by atoms with Gasteiger partial charge < -0.3 is 4.90 Å². The number of hydrogen-bond donors (Lipinski definition) is 1. The molecule has 0 unspecified atom stereocenters. The van der Waals surface area contributed by atoms with Gasteiger partial charge in [-0.25, -0.2) is 21.9 Å². The van der Waals surface area contributed by atoms with Crippen LogP contribution in [0, 0.1) is 17.0 Å². The Morgan fingerprint density at radius 3 is 2.35 bits per heavy atom. The van der Waals surface area contributed by atoms with Crippen molar-refractivity contribution in [2.75, 3.05) is 27.2 Å². The summed E-state index contributed by atoms with van der Waals surface area (Å²) in [4.78, 5) is 1.40. The number of rotatable bonds is 6. The van der Waals surface area contributed by atoms with Crippen molar-refractivity contribution in [2.45, 2.75) is 18.7 Å². The van der Waals surface area contributed by atoms with E-state index in [1.807, 2.05) is 32.8 Å². The van der Waals surface area contributed by atoms with E-state index in [2.05, 4.69) is 4.72 Å². The van der Waals surface area contributed by atoms with Crippen molar-refractivity contribution in [1.29, 1.82) is 0 Å². The van der Waals surface area contributed by atoms with E-state index in [1.54, 1.807) is 0 Å². The number of nitrogens with zero attached hydrogens (tertiary/aromatic N) is 1. The Morgan fingerprint density at radius 1 is 1.25 bits per heavy atom. The number of sulfonamides is 1. The van der Waals surface area contributed by atoms with E-state index >= 15 is 0 Å². The second kappa shape index (κ2) is 6.15. The lowest BCUT2D eigenvalue weighted by atomic mass is 9.93. The van der Waals surface area contributed by atoms with E-state index in [1.165, 1.54) is 0 Å². The second-order valence-corrected chi connectivity index (χ2v) is 7.54. The van der Waals surface area contributed by atoms with Gasteiger partial charge in [-0.05, 0) is 31.6 Å². The lowest BCUT2D eigenvalue weighted by Crippen LogP contribution is -2.40. The minimum absolute atomic E-state index is 0.157. The van der Waals surface area contributed by atoms with Gasteiger partial charge in [0.05, 0.1) is 0 Å². The molecule has 0 aromatic heterocycles. The molecule has 1 rings (SSSR count). The smallest absolute Gasteiger partial charge is 0.243 e. The number of benzene rings is 1. The largest absolute Gasteiger partial charge is 0.309 e. The first-order valence-corrected chi connectivity index (χ1v) is 7.61. The van der Waals surface area contributed by atoms with Gasteiger partial charge in [-0.3, -0.25) is 0 Å². The normalized spacial score (nSPS) is 12.9. The summed E-state index contributed by atoms with van der Waals surface area (Å²) in [5, 5.41) is 0. The Hall–Kier alpha value is -1.05. The van der Waals surface area contributed by atoms with Crippen molar-refractivity contribution in [3.8, 4) is 0 Å². The SMILES string of the molecule is CN(C)CC(C)(C)CNS(=O)(=O)c1ccc(F)cc1F. The molecule has 7 heteroatoms. The Morgan fingerprint density at radius 2 is 1.85 bits per heavy atom. The van der Waals surface area contributed by atoms with Crippen molar-refractivity contribution in [3.63, 3.8) is 0 Å². The highest BCUT2D eigenvalue weighted by Crippen LogP contribution is 2.18. The molecule has 114 valence electrons. The summed E-state index contributed by atoms with van der Waals surface area (Å²) in [6, 6.07) is 2.40. The molecule has 0 saturated carbocycles. The zero-order valence-corrected chi connectivity index (χ0v) is 12.9. The Labute approximate surface area is 118 Å². The van der Waals surface area contributed by atoms with E-state index in [4.69, 9.17) is 0 Å². The van der Waals surface area contributed by atoms with Crippen LogP contribution in [0.4, 0.5) is 8.78 Å². The monoisotopic (exact) mass is 306 g/mol. The Kier molecular flexibility index (Phi) is 5.23. The van der Waals surface area contributed by atoms with Crippen molar-refractivity contribution < 1.29 is 17.2 Å². The van der Waals surface area contributed by atoms with Crippen molar-refractivity contribution in [1.82, 2.24) is 9.62 Å². The van der Waals surface area contributed by atoms with E-state index in [0.29, 0.717) is 12.6 Å². The molecular formula is C13H20F2N2O2S. The Bertz CT molecular complexity index is 572. The van der Waals surface area contributed by atoms with Crippen LogP contribution in [0.5, 0.6) is 0 Å². The maximum atomic E-state index is 13.5. The predicted molar refractivity (Wildman–Crippen MR) is 73.9 cm³/mol. The van der Waals surface area contributed by atoms with Crippen LogP contribution >= 0.6 is 0 Å². The van der Waals surface area contributed by atoms with Gasteiger partial charge in [0, 0.05) is 19.2 Å². The summed E-state index contributed by atoms with van der Waals surface area (Å²) in [5.41, 5.74) is -0.312. The predicted octanol–water partition coefficient (Wildman–Crippen LogP) is 1.83. The van der Waals surface area contributed by atoms with Crippen LogP contribution in [0.25, 0.3) is 0 Å². The van der Waals surface area contributed by atoms with Gasteiger partial charge >= 0.3 is 0 Å².